The molecule has 0 bridgehead atoms. The number of benzene rings is 2. The highest BCUT2D eigenvalue weighted by atomic mass is 35.5. The average Bonchev–Trinajstić information content (AvgIpc) is 2.69. The number of hydrogen-bond acceptors (Lipinski definition) is 5. The van der Waals surface area contributed by atoms with Gasteiger partial charge in [0.15, 0.2) is 5.78 Å². The number of carbonyl (C=O) groups excluding carboxylic acids is 1. The first-order chi connectivity index (χ1) is 13.5. The fourth-order valence-corrected chi connectivity index (χ4v) is 3.51. The Balaban J connectivity index is 1.82. The first-order valence-corrected chi connectivity index (χ1v) is 9.63. The minimum absolute atomic E-state index is 0.122. The molecule has 0 saturated carbocycles. The molecule has 1 aliphatic rings. The van der Waals surface area contributed by atoms with Crippen LogP contribution in [0.3, 0.4) is 0 Å². The van der Waals surface area contributed by atoms with Crippen molar-refractivity contribution in [3.8, 4) is 11.5 Å². The Hall–Kier alpha value is -2.34. The molecule has 1 fully saturated rings. The van der Waals surface area contributed by atoms with Gasteiger partial charge in [-0.2, -0.15) is 0 Å². The highest BCUT2D eigenvalue weighted by Gasteiger charge is 2.20. The number of aromatic hydroxyl groups is 1. The summed E-state index contributed by atoms with van der Waals surface area (Å²) in [6.45, 7) is 2.15. The Morgan fingerprint density at radius 2 is 2.00 bits per heavy atom. The van der Waals surface area contributed by atoms with Crippen LogP contribution in [0, 0.1) is 0 Å². The Morgan fingerprint density at radius 1 is 1.29 bits per heavy atom. The van der Waals surface area contributed by atoms with Crippen molar-refractivity contribution in [3.05, 3.63) is 64.2 Å². The lowest BCUT2D eigenvalue weighted by atomic mass is 10.0. The standard InChI is InChI=1S/C22H24ClNO4/c1-28-22-13-21(27)18(12-16(22)14-24-10-8-17(25)9-11-24)20(26)7-6-15-4-2-3-5-19(15)23/h2-7,12-13,17,25,27H,8-11,14H2,1H3/b7-6+. The number of rotatable bonds is 6. The third-order valence-corrected chi connectivity index (χ3v) is 5.28. The second kappa shape index (κ2) is 9.24. The van der Waals surface area contributed by atoms with Crippen LogP contribution in [0.5, 0.6) is 11.5 Å². The van der Waals surface area contributed by atoms with E-state index in [-0.39, 0.29) is 23.2 Å². The van der Waals surface area contributed by atoms with E-state index in [0.717, 1.165) is 37.1 Å². The van der Waals surface area contributed by atoms with Crippen LogP contribution in [-0.4, -0.2) is 47.2 Å². The quantitative estimate of drug-likeness (QED) is 0.567. The van der Waals surface area contributed by atoms with E-state index >= 15 is 0 Å². The molecule has 0 aromatic heterocycles. The van der Waals surface area contributed by atoms with Crippen molar-refractivity contribution < 1.29 is 19.7 Å². The summed E-state index contributed by atoms with van der Waals surface area (Å²) in [5.41, 5.74) is 1.78. The van der Waals surface area contributed by atoms with Crippen molar-refractivity contribution in [1.29, 1.82) is 0 Å². The van der Waals surface area contributed by atoms with E-state index in [0.29, 0.717) is 17.3 Å². The minimum Gasteiger partial charge on any atom is -0.507 e. The van der Waals surface area contributed by atoms with E-state index in [9.17, 15) is 15.0 Å². The van der Waals surface area contributed by atoms with E-state index in [4.69, 9.17) is 16.3 Å². The van der Waals surface area contributed by atoms with Crippen molar-refractivity contribution >= 4 is 23.5 Å². The maximum Gasteiger partial charge on any atom is 0.189 e. The third kappa shape index (κ3) is 4.93. The van der Waals surface area contributed by atoms with Gasteiger partial charge in [0, 0.05) is 36.3 Å². The number of ketones is 1. The van der Waals surface area contributed by atoms with E-state index in [1.807, 2.05) is 18.2 Å². The summed E-state index contributed by atoms with van der Waals surface area (Å²) in [4.78, 5) is 14.9. The lowest BCUT2D eigenvalue weighted by molar-refractivity contribution is 0.0789. The second-order valence-electron chi connectivity index (χ2n) is 6.91. The number of aliphatic hydroxyl groups excluding tert-OH is 1. The zero-order chi connectivity index (χ0) is 20.1. The predicted octanol–water partition coefficient (Wildman–Crippen LogP) is 3.91. The van der Waals surface area contributed by atoms with Gasteiger partial charge in [-0.15, -0.1) is 0 Å². The number of aliphatic hydroxyl groups is 1. The van der Waals surface area contributed by atoms with Crippen molar-refractivity contribution in [1.82, 2.24) is 4.90 Å². The average molecular weight is 402 g/mol. The highest BCUT2D eigenvalue weighted by Crippen LogP contribution is 2.31. The van der Waals surface area contributed by atoms with E-state index in [2.05, 4.69) is 4.90 Å². The molecule has 2 aromatic carbocycles. The second-order valence-corrected chi connectivity index (χ2v) is 7.31. The Bertz CT molecular complexity index is 873. The van der Waals surface area contributed by atoms with Crippen LogP contribution < -0.4 is 4.74 Å². The molecule has 6 heteroatoms. The van der Waals surface area contributed by atoms with Gasteiger partial charge in [0.2, 0.25) is 0 Å². The number of ether oxygens (including phenoxy) is 1. The molecular formula is C22H24ClNO4. The number of nitrogens with zero attached hydrogens (tertiary/aromatic N) is 1. The molecule has 1 aliphatic heterocycles. The first kappa shape index (κ1) is 20.4. The van der Waals surface area contributed by atoms with Crippen LogP contribution in [0.15, 0.2) is 42.5 Å². The van der Waals surface area contributed by atoms with Gasteiger partial charge in [-0.1, -0.05) is 29.8 Å². The van der Waals surface area contributed by atoms with Crippen LogP contribution in [0.4, 0.5) is 0 Å². The number of likely N-dealkylation sites (tertiary alicyclic amines) is 1. The van der Waals surface area contributed by atoms with Crippen LogP contribution in [0.1, 0.15) is 34.3 Å². The van der Waals surface area contributed by atoms with Gasteiger partial charge in [-0.05, 0) is 42.7 Å². The highest BCUT2D eigenvalue weighted by molar-refractivity contribution is 6.32. The van der Waals surface area contributed by atoms with Gasteiger partial charge < -0.3 is 14.9 Å². The summed E-state index contributed by atoms with van der Waals surface area (Å²) < 4.78 is 5.39. The first-order valence-electron chi connectivity index (χ1n) is 9.25. The van der Waals surface area contributed by atoms with Crippen LogP contribution in [-0.2, 0) is 6.54 Å². The molecule has 0 unspecified atom stereocenters. The SMILES string of the molecule is COc1cc(O)c(C(=O)/C=C/c2ccccc2Cl)cc1CN1CCC(O)CC1. The van der Waals surface area contributed by atoms with E-state index < -0.39 is 0 Å². The summed E-state index contributed by atoms with van der Waals surface area (Å²) in [6, 6.07) is 10.4. The van der Waals surface area contributed by atoms with Gasteiger partial charge in [0.05, 0.1) is 18.8 Å². The van der Waals surface area contributed by atoms with Gasteiger partial charge >= 0.3 is 0 Å². The fourth-order valence-electron chi connectivity index (χ4n) is 3.31. The summed E-state index contributed by atoms with van der Waals surface area (Å²) in [6.07, 6.45) is 4.26. The molecule has 0 amide bonds. The minimum atomic E-state index is -0.310. The van der Waals surface area contributed by atoms with Gasteiger partial charge in [0.25, 0.3) is 0 Å². The van der Waals surface area contributed by atoms with Crippen molar-refractivity contribution in [3.63, 3.8) is 0 Å². The zero-order valence-corrected chi connectivity index (χ0v) is 16.5. The molecule has 1 saturated heterocycles. The lowest BCUT2D eigenvalue weighted by Gasteiger charge is -2.30. The van der Waals surface area contributed by atoms with Crippen molar-refractivity contribution in [2.45, 2.75) is 25.5 Å². The van der Waals surface area contributed by atoms with E-state index in [1.54, 1.807) is 18.2 Å². The van der Waals surface area contributed by atoms with Gasteiger partial charge in [0.1, 0.15) is 11.5 Å². The number of methoxy groups -OCH3 is 1. The van der Waals surface area contributed by atoms with E-state index in [1.165, 1.54) is 19.3 Å². The van der Waals surface area contributed by atoms with Crippen molar-refractivity contribution in [2.24, 2.45) is 0 Å². The molecule has 0 atom stereocenters. The molecular weight excluding hydrogens is 378 g/mol. The fraction of sp³-hybridized carbons (Fsp3) is 0.318. The van der Waals surface area contributed by atoms with Crippen LogP contribution in [0.2, 0.25) is 5.02 Å². The summed E-state index contributed by atoms with van der Waals surface area (Å²) in [7, 11) is 1.54. The molecule has 0 radical (unpaired) electrons. The van der Waals surface area contributed by atoms with Crippen molar-refractivity contribution in [2.75, 3.05) is 20.2 Å². The largest absolute Gasteiger partial charge is 0.507 e. The van der Waals surface area contributed by atoms with Crippen LogP contribution in [0.25, 0.3) is 6.08 Å². The normalized spacial score (nSPS) is 15.8. The number of phenolic OH excluding ortho intramolecular Hbond substituents is 1. The summed E-state index contributed by atoms with van der Waals surface area (Å²) in [5, 5.41) is 20.5. The molecule has 148 valence electrons. The molecule has 28 heavy (non-hydrogen) atoms. The molecule has 2 N–H and O–H groups in total. The monoisotopic (exact) mass is 401 g/mol. The lowest BCUT2D eigenvalue weighted by Crippen LogP contribution is -2.35. The maximum absolute atomic E-state index is 12.7. The molecule has 2 aromatic rings. The number of hydrogen-bond donors (Lipinski definition) is 2. The third-order valence-electron chi connectivity index (χ3n) is 4.93. The topological polar surface area (TPSA) is 70.0 Å². The zero-order valence-electron chi connectivity index (χ0n) is 15.8. The smallest absolute Gasteiger partial charge is 0.189 e. The Kier molecular flexibility index (Phi) is 6.73. The summed E-state index contributed by atoms with van der Waals surface area (Å²) >= 11 is 6.12. The Labute approximate surface area is 169 Å². The molecule has 3 rings (SSSR count). The number of piperidine rings is 1. The molecule has 0 aliphatic carbocycles. The van der Waals surface area contributed by atoms with Gasteiger partial charge in [-0.25, -0.2) is 0 Å². The number of allylic oxidation sites excluding steroid dienone is 1. The Morgan fingerprint density at radius 3 is 2.68 bits per heavy atom. The molecule has 0 spiro atoms. The predicted molar refractivity (Wildman–Crippen MR) is 110 cm³/mol. The summed E-state index contributed by atoms with van der Waals surface area (Å²) in [5.74, 6) is 0.106. The number of phenols is 1. The maximum atomic E-state index is 12.7. The number of carbonyl (C=O) groups is 1. The van der Waals surface area contributed by atoms with Crippen LogP contribution >= 0.6 is 11.6 Å². The molecule has 1 heterocycles. The molecule has 5 nitrogen and oxygen atoms in total. The number of halogens is 1. The van der Waals surface area contributed by atoms with Gasteiger partial charge in [-0.3, -0.25) is 9.69 Å².